The second-order valence-electron chi connectivity index (χ2n) is 5.05. The van der Waals surface area contributed by atoms with Crippen molar-refractivity contribution in [2.75, 3.05) is 6.61 Å². The van der Waals surface area contributed by atoms with Crippen LogP contribution in [0.5, 0.6) is 0 Å². The van der Waals surface area contributed by atoms with Gasteiger partial charge in [-0.3, -0.25) is 0 Å². The molecule has 0 aliphatic heterocycles. The largest absolute Gasteiger partial charge is 0.466 e. The Balaban J connectivity index is 1.93. The fourth-order valence-corrected chi connectivity index (χ4v) is 2.15. The van der Waals surface area contributed by atoms with Gasteiger partial charge in [-0.25, -0.2) is 0 Å². The van der Waals surface area contributed by atoms with Crippen molar-refractivity contribution in [3.05, 3.63) is 59.5 Å². The van der Waals surface area contributed by atoms with Crippen LogP contribution >= 0.6 is 0 Å². The van der Waals surface area contributed by atoms with Crippen LogP contribution in [0.1, 0.15) is 36.3 Å². The number of ketones is 1. The van der Waals surface area contributed by atoms with Gasteiger partial charge in [-0.2, -0.15) is 0 Å². The highest BCUT2D eigenvalue weighted by Gasteiger charge is 2.17. The average Bonchev–Trinajstić information content (AvgIpc) is 2.85. The van der Waals surface area contributed by atoms with Gasteiger partial charge in [-0.05, 0) is 31.5 Å². The highest BCUT2D eigenvalue weighted by molar-refractivity contribution is 5.76. The van der Waals surface area contributed by atoms with Gasteiger partial charge in [0.2, 0.25) is 0 Å². The summed E-state index contributed by atoms with van der Waals surface area (Å²) in [5.41, 5.74) is 1.13. The Morgan fingerprint density at radius 3 is 2.55 bits per heavy atom. The first-order chi connectivity index (χ1) is 9.65. The van der Waals surface area contributed by atoms with Crippen molar-refractivity contribution in [2.45, 2.75) is 32.8 Å². The summed E-state index contributed by atoms with van der Waals surface area (Å²) in [6.45, 7) is 4.54. The predicted octanol–water partition coefficient (Wildman–Crippen LogP) is 3.87. The van der Waals surface area contributed by atoms with Crippen molar-refractivity contribution < 1.29 is 13.9 Å². The van der Waals surface area contributed by atoms with E-state index in [1.165, 1.54) is 0 Å². The smallest absolute Gasteiger partial charge is 0.130 e. The number of carbonyl (C=O) groups excluding carboxylic acids is 1. The number of benzene rings is 1. The van der Waals surface area contributed by atoms with Crippen molar-refractivity contribution in [1.82, 2.24) is 0 Å². The molecule has 3 nitrogen and oxygen atoms in total. The third-order valence-electron chi connectivity index (χ3n) is 3.13. The lowest BCUT2D eigenvalue weighted by Gasteiger charge is -2.13. The van der Waals surface area contributed by atoms with E-state index in [-0.39, 0.29) is 11.7 Å². The topological polar surface area (TPSA) is 39.4 Å². The highest BCUT2D eigenvalue weighted by atomic mass is 16.5. The van der Waals surface area contributed by atoms with E-state index in [2.05, 4.69) is 0 Å². The molecule has 2 rings (SSSR count). The van der Waals surface area contributed by atoms with Crippen molar-refractivity contribution in [3.63, 3.8) is 0 Å². The van der Waals surface area contributed by atoms with Gasteiger partial charge >= 0.3 is 0 Å². The summed E-state index contributed by atoms with van der Waals surface area (Å²) in [4.78, 5) is 11.4. The summed E-state index contributed by atoms with van der Waals surface area (Å²) in [7, 11) is 0. The average molecular weight is 272 g/mol. The zero-order valence-corrected chi connectivity index (χ0v) is 12.0. The van der Waals surface area contributed by atoms with Crippen molar-refractivity contribution in [2.24, 2.45) is 0 Å². The molecule has 20 heavy (non-hydrogen) atoms. The quantitative estimate of drug-likeness (QED) is 0.768. The molecule has 0 amide bonds. The Hall–Kier alpha value is -1.87. The third kappa shape index (κ3) is 4.35. The van der Waals surface area contributed by atoms with E-state index < -0.39 is 0 Å². The van der Waals surface area contributed by atoms with Gasteiger partial charge in [0.1, 0.15) is 17.3 Å². The first-order valence-electron chi connectivity index (χ1n) is 6.82. The van der Waals surface area contributed by atoms with Crippen LogP contribution in [0.2, 0.25) is 0 Å². The summed E-state index contributed by atoms with van der Waals surface area (Å²) in [6.07, 6.45) is 0.446. The number of hydrogen-bond donors (Lipinski definition) is 0. The maximum absolute atomic E-state index is 11.4. The van der Waals surface area contributed by atoms with Gasteiger partial charge in [0.25, 0.3) is 0 Å². The molecule has 106 valence electrons. The molecule has 0 spiro atoms. The van der Waals surface area contributed by atoms with Gasteiger partial charge in [-0.1, -0.05) is 30.3 Å². The minimum absolute atomic E-state index is 0.00934. The Morgan fingerprint density at radius 1 is 1.20 bits per heavy atom. The Bertz CT molecular complexity index is 542. The van der Waals surface area contributed by atoms with Gasteiger partial charge in [0, 0.05) is 12.3 Å². The highest BCUT2D eigenvalue weighted by Crippen LogP contribution is 2.23. The molecule has 0 aliphatic rings. The molecule has 0 radical (unpaired) electrons. The summed E-state index contributed by atoms with van der Waals surface area (Å²) in [5, 5.41) is 0. The predicted molar refractivity (Wildman–Crippen MR) is 77.6 cm³/mol. The van der Waals surface area contributed by atoms with E-state index in [1.807, 2.05) is 49.4 Å². The van der Waals surface area contributed by atoms with E-state index >= 15 is 0 Å². The first kappa shape index (κ1) is 14.5. The summed E-state index contributed by atoms with van der Waals surface area (Å²) >= 11 is 0. The zero-order valence-electron chi connectivity index (χ0n) is 12.0. The molecule has 1 aromatic carbocycles. The second kappa shape index (κ2) is 7.06. The van der Waals surface area contributed by atoms with Crippen molar-refractivity contribution >= 4 is 5.78 Å². The summed E-state index contributed by atoms with van der Waals surface area (Å²) in [5.74, 6) is 1.82. The zero-order chi connectivity index (χ0) is 14.4. The molecule has 0 fully saturated rings. The standard InChI is InChI=1S/C17H20O3/c1-13(18)10-16(17-9-8-14(2)20-17)12-19-11-15-6-4-3-5-7-15/h3-9,16H,10-12H2,1-2H3. The number of Topliss-reactive ketones (excluding diaryl/α,β-unsaturated/α-hetero) is 1. The lowest BCUT2D eigenvalue weighted by molar-refractivity contribution is -0.117. The van der Waals surface area contributed by atoms with Gasteiger partial charge < -0.3 is 13.9 Å². The molecule has 0 saturated carbocycles. The monoisotopic (exact) mass is 272 g/mol. The normalized spacial score (nSPS) is 12.3. The van der Waals surface area contributed by atoms with Crippen LogP contribution in [0.15, 0.2) is 46.9 Å². The van der Waals surface area contributed by atoms with Gasteiger partial charge in [0.15, 0.2) is 0 Å². The number of furan rings is 1. The number of hydrogen-bond acceptors (Lipinski definition) is 3. The van der Waals surface area contributed by atoms with Crippen LogP contribution in [0.3, 0.4) is 0 Å². The van der Waals surface area contributed by atoms with E-state index in [0.717, 1.165) is 17.1 Å². The van der Waals surface area contributed by atoms with Crippen LogP contribution in [0, 0.1) is 6.92 Å². The van der Waals surface area contributed by atoms with Crippen LogP contribution in [0.4, 0.5) is 0 Å². The molecule has 1 heterocycles. The van der Waals surface area contributed by atoms with Gasteiger partial charge in [0.05, 0.1) is 13.2 Å². The van der Waals surface area contributed by atoms with E-state index in [9.17, 15) is 4.79 Å². The molecular formula is C17H20O3. The number of rotatable bonds is 7. The maximum atomic E-state index is 11.4. The lowest BCUT2D eigenvalue weighted by Crippen LogP contribution is -2.11. The number of aryl methyl sites for hydroxylation is 1. The minimum Gasteiger partial charge on any atom is -0.466 e. The Kier molecular flexibility index (Phi) is 5.13. The molecule has 0 bridgehead atoms. The second-order valence-corrected chi connectivity index (χ2v) is 5.05. The molecule has 1 aromatic heterocycles. The lowest BCUT2D eigenvalue weighted by atomic mass is 10.0. The van der Waals surface area contributed by atoms with Crippen LogP contribution in [-0.2, 0) is 16.1 Å². The van der Waals surface area contributed by atoms with Crippen LogP contribution in [-0.4, -0.2) is 12.4 Å². The fraction of sp³-hybridized carbons (Fsp3) is 0.353. The molecule has 1 unspecified atom stereocenters. The van der Waals surface area contributed by atoms with Gasteiger partial charge in [-0.15, -0.1) is 0 Å². The fourth-order valence-electron chi connectivity index (χ4n) is 2.15. The molecule has 1 atom stereocenters. The molecule has 0 saturated heterocycles. The Morgan fingerprint density at radius 2 is 1.95 bits per heavy atom. The molecule has 2 aromatic rings. The number of ether oxygens (including phenoxy) is 1. The van der Waals surface area contributed by atoms with E-state index in [4.69, 9.17) is 9.15 Å². The first-order valence-corrected chi connectivity index (χ1v) is 6.82. The molecule has 0 aliphatic carbocycles. The SMILES string of the molecule is CC(=O)CC(COCc1ccccc1)c1ccc(C)o1. The number of carbonyl (C=O) groups is 1. The molecule has 0 N–H and O–H groups in total. The third-order valence-corrected chi connectivity index (χ3v) is 3.13. The Labute approximate surface area is 119 Å². The maximum Gasteiger partial charge on any atom is 0.130 e. The van der Waals surface area contributed by atoms with Crippen LogP contribution in [0.25, 0.3) is 0 Å². The summed E-state index contributed by atoms with van der Waals surface area (Å²) < 4.78 is 11.4. The van der Waals surface area contributed by atoms with Crippen molar-refractivity contribution in [3.8, 4) is 0 Å². The molecule has 3 heteroatoms. The van der Waals surface area contributed by atoms with E-state index in [1.54, 1.807) is 6.92 Å². The van der Waals surface area contributed by atoms with Crippen LogP contribution < -0.4 is 0 Å². The summed E-state index contributed by atoms with van der Waals surface area (Å²) in [6, 6.07) is 13.8. The molecular weight excluding hydrogens is 252 g/mol. The van der Waals surface area contributed by atoms with E-state index in [0.29, 0.717) is 19.6 Å². The minimum atomic E-state index is -0.00934. The van der Waals surface area contributed by atoms with Crippen molar-refractivity contribution in [1.29, 1.82) is 0 Å².